The molecule has 0 aliphatic carbocycles. The lowest BCUT2D eigenvalue weighted by atomic mass is 10.0. The van der Waals surface area contributed by atoms with Crippen LogP contribution in [0.25, 0.3) is 6.08 Å². The summed E-state index contributed by atoms with van der Waals surface area (Å²) in [6.07, 6.45) is 1.59. The molecule has 0 N–H and O–H groups in total. The quantitative estimate of drug-likeness (QED) is 0.470. The van der Waals surface area contributed by atoms with Crippen LogP contribution in [0.5, 0.6) is 11.5 Å². The molecule has 0 radical (unpaired) electrons. The van der Waals surface area contributed by atoms with Crippen LogP contribution in [0.1, 0.15) is 15.2 Å². The summed E-state index contributed by atoms with van der Waals surface area (Å²) in [6.45, 7) is 0.150. The molecular formula is C15H8BrNO3S. The predicted octanol–water partition coefficient (Wildman–Crippen LogP) is 4.03. The molecule has 0 atom stereocenters. The summed E-state index contributed by atoms with van der Waals surface area (Å²) in [5.41, 5.74) is 0.492. The normalized spacial score (nSPS) is 13.0. The zero-order chi connectivity index (χ0) is 14.8. The molecule has 6 heteroatoms. The summed E-state index contributed by atoms with van der Waals surface area (Å²) in [4.78, 5) is 13.2. The van der Waals surface area contributed by atoms with Gasteiger partial charge in [-0.15, -0.1) is 11.3 Å². The van der Waals surface area contributed by atoms with Crippen molar-refractivity contribution < 1.29 is 14.3 Å². The van der Waals surface area contributed by atoms with Crippen molar-refractivity contribution in [1.82, 2.24) is 0 Å². The van der Waals surface area contributed by atoms with Gasteiger partial charge in [-0.25, -0.2) is 0 Å². The molecule has 1 aliphatic heterocycles. The molecule has 0 bridgehead atoms. The van der Waals surface area contributed by atoms with Crippen molar-refractivity contribution in [3.63, 3.8) is 0 Å². The lowest BCUT2D eigenvalue weighted by Gasteiger charge is -2.01. The van der Waals surface area contributed by atoms with Crippen LogP contribution in [-0.2, 0) is 0 Å². The minimum atomic E-state index is -0.333. The number of halogens is 1. The number of Topliss-reactive ketones (excluding diaryl/α,β-unsaturated/α-hetero) is 1. The van der Waals surface area contributed by atoms with E-state index in [1.165, 1.54) is 11.3 Å². The van der Waals surface area contributed by atoms with Crippen LogP contribution in [0.15, 0.2) is 39.7 Å². The number of thiophene rings is 1. The van der Waals surface area contributed by atoms with Gasteiger partial charge < -0.3 is 9.47 Å². The van der Waals surface area contributed by atoms with Crippen molar-refractivity contribution in [2.45, 2.75) is 0 Å². The van der Waals surface area contributed by atoms with E-state index in [4.69, 9.17) is 9.47 Å². The Kier molecular flexibility index (Phi) is 3.78. The maximum atomic E-state index is 12.4. The van der Waals surface area contributed by atoms with Gasteiger partial charge in [0.15, 0.2) is 11.5 Å². The van der Waals surface area contributed by atoms with Crippen LogP contribution in [0.3, 0.4) is 0 Å². The minimum Gasteiger partial charge on any atom is -0.454 e. The van der Waals surface area contributed by atoms with Crippen molar-refractivity contribution in [1.29, 1.82) is 5.26 Å². The standard InChI is InChI=1S/C15H8BrNO3S/c16-11-5-12(21-7-11)3-10(6-17)15(18)9-1-2-13-14(4-9)20-8-19-13/h1-5,7H,8H2/b10-3+. The Balaban J connectivity index is 1.93. The third kappa shape index (κ3) is 2.84. The number of hydrogen-bond donors (Lipinski definition) is 0. The predicted molar refractivity (Wildman–Crippen MR) is 82.5 cm³/mol. The van der Waals surface area contributed by atoms with Crippen molar-refractivity contribution in [3.05, 3.63) is 50.1 Å². The van der Waals surface area contributed by atoms with Crippen LogP contribution in [0.2, 0.25) is 0 Å². The average molecular weight is 362 g/mol. The molecule has 0 saturated heterocycles. The fourth-order valence-electron chi connectivity index (χ4n) is 1.89. The number of ketones is 1. The Morgan fingerprint density at radius 1 is 1.33 bits per heavy atom. The summed E-state index contributed by atoms with van der Waals surface area (Å²) in [7, 11) is 0. The summed E-state index contributed by atoms with van der Waals surface area (Å²) in [5.74, 6) is 0.800. The van der Waals surface area contributed by atoms with E-state index in [-0.39, 0.29) is 18.1 Å². The molecule has 4 nitrogen and oxygen atoms in total. The Labute approximate surface area is 133 Å². The summed E-state index contributed by atoms with van der Waals surface area (Å²) in [5, 5.41) is 11.1. The third-order valence-corrected chi connectivity index (χ3v) is 4.51. The molecule has 2 aromatic rings. The number of carbonyl (C=O) groups excluding carboxylic acids is 1. The van der Waals surface area contributed by atoms with Crippen LogP contribution >= 0.6 is 27.3 Å². The molecule has 1 aliphatic rings. The highest BCUT2D eigenvalue weighted by Gasteiger charge is 2.18. The van der Waals surface area contributed by atoms with E-state index < -0.39 is 0 Å². The number of allylic oxidation sites excluding steroid dienone is 1. The van der Waals surface area contributed by atoms with E-state index in [9.17, 15) is 10.1 Å². The zero-order valence-electron chi connectivity index (χ0n) is 10.6. The van der Waals surface area contributed by atoms with E-state index >= 15 is 0 Å². The van der Waals surface area contributed by atoms with Crippen molar-refractivity contribution in [2.24, 2.45) is 0 Å². The topological polar surface area (TPSA) is 59.3 Å². The number of carbonyl (C=O) groups is 1. The van der Waals surface area contributed by atoms with Gasteiger partial charge in [0.25, 0.3) is 0 Å². The van der Waals surface area contributed by atoms with Gasteiger partial charge in [-0.2, -0.15) is 5.26 Å². The van der Waals surface area contributed by atoms with Gasteiger partial charge in [0.2, 0.25) is 12.6 Å². The lowest BCUT2D eigenvalue weighted by molar-refractivity contribution is 0.103. The Morgan fingerprint density at radius 3 is 2.86 bits per heavy atom. The van der Waals surface area contributed by atoms with Crippen LogP contribution in [0, 0.1) is 11.3 Å². The molecule has 21 heavy (non-hydrogen) atoms. The molecule has 2 heterocycles. The summed E-state index contributed by atoms with van der Waals surface area (Å²) in [6, 6.07) is 8.71. The fraction of sp³-hybridized carbons (Fsp3) is 0.0667. The fourth-order valence-corrected chi connectivity index (χ4v) is 3.26. The first-order valence-corrected chi connectivity index (χ1v) is 7.65. The van der Waals surface area contributed by atoms with Gasteiger partial charge >= 0.3 is 0 Å². The van der Waals surface area contributed by atoms with Crippen LogP contribution in [-0.4, -0.2) is 12.6 Å². The molecular weight excluding hydrogens is 354 g/mol. The third-order valence-electron chi connectivity index (χ3n) is 2.87. The number of nitrogens with zero attached hydrogens (tertiary/aromatic N) is 1. The van der Waals surface area contributed by atoms with Gasteiger partial charge in [0.05, 0.1) is 0 Å². The first-order chi connectivity index (χ1) is 10.2. The average Bonchev–Trinajstić information content (AvgIpc) is 3.11. The first-order valence-electron chi connectivity index (χ1n) is 5.97. The van der Waals surface area contributed by atoms with E-state index in [1.54, 1.807) is 24.3 Å². The highest BCUT2D eigenvalue weighted by molar-refractivity contribution is 9.10. The smallest absolute Gasteiger partial charge is 0.231 e. The second kappa shape index (κ2) is 5.72. The second-order valence-corrected chi connectivity index (χ2v) is 6.09. The molecule has 1 aromatic heterocycles. The zero-order valence-corrected chi connectivity index (χ0v) is 13.0. The Morgan fingerprint density at radius 2 is 2.14 bits per heavy atom. The van der Waals surface area contributed by atoms with E-state index in [0.717, 1.165) is 9.35 Å². The van der Waals surface area contributed by atoms with E-state index in [2.05, 4.69) is 15.9 Å². The molecule has 1 aromatic carbocycles. The largest absolute Gasteiger partial charge is 0.454 e. The number of fused-ring (bicyclic) bond motifs is 1. The number of hydrogen-bond acceptors (Lipinski definition) is 5. The maximum absolute atomic E-state index is 12.4. The van der Waals surface area contributed by atoms with Gasteiger partial charge in [-0.05, 0) is 46.3 Å². The molecule has 0 unspecified atom stereocenters. The Bertz CT molecular complexity index is 788. The van der Waals surface area contributed by atoms with E-state index in [0.29, 0.717) is 17.1 Å². The maximum Gasteiger partial charge on any atom is 0.231 e. The number of nitriles is 1. The van der Waals surface area contributed by atoms with Crippen molar-refractivity contribution in [2.75, 3.05) is 6.79 Å². The molecule has 0 amide bonds. The number of benzene rings is 1. The van der Waals surface area contributed by atoms with Crippen LogP contribution < -0.4 is 9.47 Å². The Hall–Kier alpha value is -2.10. The van der Waals surface area contributed by atoms with Crippen LogP contribution in [0.4, 0.5) is 0 Å². The van der Waals surface area contributed by atoms with E-state index in [1.807, 2.05) is 17.5 Å². The highest BCUT2D eigenvalue weighted by atomic mass is 79.9. The molecule has 0 saturated carbocycles. The summed E-state index contributed by atoms with van der Waals surface area (Å²) >= 11 is 4.80. The van der Waals surface area contributed by atoms with Crippen molar-refractivity contribution >= 4 is 39.1 Å². The molecule has 0 fully saturated rings. The highest BCUT2D eigenvalue weighted by Crippen LogP contribution is 2.33. The number of rotatable bonds is 3. The van der Waals surface area contributed by atoms with Gasteiger partial charge in [-0.1, -0.05) is 0 Å². The van der Waals surface area contributed by atoms with Crippen molar-refractivity contribution in [3.8, 4) is 17.6 Å². The SMILES string of the molecule is N#C/C(=C\c1cc(Br)cs1)C(=O)c1ccc2c(c1)OCO2. The first kappa shape index (κ1) is 13.9. The summed E-state index contributed by atoms with van der Waals surface area (Å²) < 4.78 is 11.4. The molecule has 104 valence electrons. The number of ether oxygens (including phenoxy) is 2. The lowest BCUT2D eigenvalue weighted by Crippen LogP contribution is -2.01. The van der Waals surface area contributed by atoms with Gasteiger partial charge in [0.1, 0.15) is 11.6 Å². The monoisotopic (exact) mass is 361 g/mol. The molecule has 3 rings (SSSR count). The minimum absolute atomic E-state index is 0.0863. The second-order valence-electron chi connectivity index (χ2n) is 4.23. The molecule has 0 spiro atoms. The van der Waals surface area contributed by atoms with Gasteiger partial charge in [-0.3, -0.25) is 4.79 Å². The van der Waals surface area contributed by atoms with Gasteiger partial charge in [0, 0.05) is 20.3 Å².